The minimum atomic E-state index is -0.290. The Hall–Kier alpha value is -1.79. The molecule has 26 heavy (non-hydrogen) atoms. The fourth-order valence-electron chi connectivity index (χ4n) is 2.18. The number of anilines is 1. The van der Waals surface area contributed by atoms with Crippen LogP contribution in [-0.4, -0.2) is 10.9 Å². The maximum absolute atomic E-state index is 12.5. The summed E-state index contributed by atoms with van der Waals surface area (Å²) >= 11 is 19.2. The van der Waals surface area contributed by atoms with Gasteiger partial charge >= 0.3 is 0 Å². The van der Waals surface area contributed by atoms with Gasteiger partial charge in [-0.05, 0) is 43.3 Å². The van der Waals surface area contributed by atoms with Gasteiger partial charge in [0.25, 0.3) is 5.91 Å². The van der Waals surface area contributed by atoms with Crippen molar-refractivity contribution in [3.63, 3.8) is 0 Å². The van der Waals surface area contributed by atoms with Gasteiger partial charge in [-0.15, -0.1) is 11.3 Å². The highest BCUT2D eigenvalue weighted by Gasteiger charge is 2.17. The van der Waals surface area contributed by atoms with Crippen LogP contribution in [0, 0.1) is 6.92 Å². The molecule has 1 heterocycles. The molecular weight excluding hydrogens is 415 g/mol. The monoisotopic (exact) mass is 426 g/mol. The van der Waals surface area contributed by atoms with Crippen molar-refractivity contribution in [3.8, 4) is 5.75 Å². The van der Waals surface area contributed by atoms with Crippen LogP contribution in [0.1, 0.15) is 20.4 Å². The summed E-state index contributed by atoms with van der Waals surface area (Å²) in [7, 11) is 0. The largest absolute Gasteiger partial charge is 0.486 e. The third-order valence-electron chi connectivity index (χ3n) is 3.42. The molecule has 0 spiro atoms. The molecule has 2 aromatic carbocycles. The Morgan fingerprint density at radius 2 is 1.88 bits per heavy atom. The van der Waals surface area contributed by atoms with Gasteiger partial charge in [0.15, 0.2) is 0 Å². The molecule has 0 fully saturated rings. The number of halogens is 3. The Kier molecular flexibility index (Phi) is 6.04. The molecule has 0 radical (unpaired) electrons. The van der Waals surface area contributed by atoms with Gasteiger partial charge in [-0.3, -0.25) is 4.79 Å². The molecule has 3 rings (SSSR count). The van der Waals surface area contributed by atoms with Gasteiger partial charge in [-0.1, -0.05) is 40.9 Å². The number of hydrogen-bond acceptors (Lipinski definition) is 4. The number of aromatic nitrogens is 1. The zero-order chi connectivity index (χ0) is 18.7. The van der Waals surface area contributed by atoms with Crippen molar-refractivity contribution in [2.45, 2.75) is 13.5 Å². The number of benzene rings is 2. The van der Waals surface area contributed by atoms with Gasteiger partial charge in [-0.25, -0.2) is 4.98 Å². The van der Waals surface area contributed by atoms with E-state index in [-0.39, 0.29) is 12.5 Å². The maximum atomic E-state index is 12.5. The Balaban J connectivity index is 1.70. The van der Waals surface area contributed by atoms with Gasteiger partial charge in [0.05, 0.1) is 21.4 Å². The highest BCUT2D eigenvalue weighted by Crippen LogP contribution is 2.30. The number of hydrogen-bond donors (Lipinski definition) is 1. The molecule has 1 aromatic heterocycles. The van der Waals surface area contributed by atoms with Crippen LogP contribution in [-0.2, 0) is 6.61 Å². The van der Waals surface area contributed by atoms with Crippen LogP contribution in [0.4, 0.5) is 5.69 Å². The van der Waals surface area contributed by atoms with Crippen LogP contribution in [0.3, 0.4) is 0 Å². The first-order chi connectivity index (χ1) is 12.4. The Morgan fingerprint density at radius 1 is 1.15 bits per heavy atom. The predicted octanol–water partition coefficient (Wildman–Crippen LogP) is 6.24. The van der Waals surface area contributed by atoms with E-state index in [1.807, 2.05) is 0 Å². The smallest absolute Gasteiger partial charge is 0.267 e. The molecule has 0 bridgehead atoms. The summed E-state index contributed by atoms with van der Waals surface area (Å²) in [6.07, 6.45) is 0. The summed E-state index contributed by atoms with van der Waals surface area (Å²) in [6.45, 7) is 2.04. The lowest BCUT2D eigenvalue weighted by molar-refractivity contribution is 0.103. The molecule has 134 valence electrons. The molecule has 0 aliphatic heterocycles. The zero-order valence-corrected chi connectivity index (χ0v) is 16.6. The maximum Gasteiger partial charge on any atom is 0.267 e. The average molecular weight is 428 g/mol. The van der Waals surface area contributed by atoms with E-state index in [9.17, 15) is 4.79 Å². The number of rotatable bonds is 5. The number of nitrogens with zero attached hydrogens (tertiary/aromatic N) is 1. The van der Waals surface area contributed by atoms with Gasteiger partial charge in [-0.2, -0.15) is 0 Å². The molecule has 3 aromatic rings. The summed E-state index contributed by atoms with van der Waals surface area (Å²) in [4.78, 5) is 17.4. The highest BCUT2D eigenvalue weighted by molar-refractivity contribution is 7.13. The van der Waals surface area contributed by atoms with E-state index >= 15 is 0 Å². The van der Waals surface area contributed by atoms with E-state index in [1.54, 1.807) is 49.4 Å². The second-order valence-electron chi connectivity index (χ2n) is 5.32. The molecule has 0 unspecified atom stereocenters. The quantitative estimate of drug-likeness (QED) is 0.524. The number of aryl methyl sites for hydroxylation is 1. The van der Waals surface area contributed by atoms with Gasteiger partial charge in [0, 0.05) is 5.02 Å². The molecule has 0 saturated heterocycles. The molecule has 4 nitrogen and oxygen atoms in total. The molecule has 1 amide bonds. The fraction of sp³-hybridized carbons (Fsp3) is 0.111. The van der Waals surface area contributed by atoms with E-state index < -0.39 is 0 Å². The van der Waals surface area contributed by atoms with Crippen molar-refractivity contribution >= 4 is 57.7 Å². The lowest BCUT2D eigenvalue weighted by atomic mass is 10.3. The first-order valence-corrected chi connectivity index (χ1v) is 9.49. The molecule has 0 saturated carbocycles. The molecule has 0 aliphatic rings. The van der Waals surface area contributed by atoms with Crippen LogP contribution >= 0.6 is 46.1 Å². The standard InChI is InChI=1S/C18H13Cl3N2O2S/c1-10-17(18(24)23-14-4-2-3-13(20)16(14)21)26-15(22-10)9-25-12-7-5-11(19)6-8-12/h2-8H,9H2,1H3,(H,23,24). The van der Waals surface area contributed by atoms with Gasteiger partial charge in [0.2, 0.25) is 0 Å². The SMILES string of the molecule is Cc1nc(COc2ccc(Cl)cc2)sc1C(=O)Nc1cccc(Cl)c1Cl. The average Bonchev–Trinajstić information content (AvgIpc) is 2.99. The number of carbonyl (C=O) groups is 1. The van der Waals surface area contributed by atoms with Crippen LogP contribution in [0.15, 0.2) is 42.5 Å². The number of carbonyl (C=O) groups excluding carboxylic acids is 1. The minimum absolute atomic E-state index is 0.262. The van der Waals surface area contributed by atoms with Crippen molar-refractivity contribution in [2.75, 3.05) is 5.32 Å². The minimum Gasteiger partial charge on any atom is -0.486 e. The van der Waals surface area contributed by atoms with E-state index in [4.69, 9.17) is 39.5 Å². The lowest BCUT2D eigenvalue weighted by Gasteiger charge is -2.07. The normalized spacial score (nSPS) is 10.6. The lowest BCUT2D eigenvalue weighted by Crippen LogP contribution is -2.11. The van der Waals surface area contributed by atoms with E-state index in [2.05, 4.69) is 10.3 Å². The van der Waals surface area contributed by atoms with Crippen molar-refractivity contribution in [1.82, 2.24) is 4.98 Å². The third-order valence-corrected chi connectivity index (χ3v) is 5.62. The fourth-order valence-corrected chi connectivity index (χ4v) is 3.53. The molecule has 8 heteroatoms. The second-order valence-corrected chi connectivity index (χ2v) is 7.63. The first-order valence-electron chi connectivity index (χ1n) is 7.54. The molecular formula is C18H13Cl3N2O2S. The zero-order valence-electron chi connectivity index (χ0n) is 13.6. The Bertz CT molecular complexity index is 942. The summed E-state index contributed by atoms with van der Waals surface area (Å²) in [5.74, 6) is 0.390. The summed E-state index contributed by atoms with van der Waals surface area (Å²) in [6, 6.07) is 12.1. The van der Waals surface area contributed by atoms with Crippen LogP contribution in [0.2, 0.25) is 15.1 Å². The molecule has 0 atom stereocenters. The Morgan fingerprint density at radius 3 is 2.62 bits per heavy atom. The summed E-state index contributed by atoms with van der Waals surface area (Å²) < 4.78 is 5.67. The number of amides is 1. The predicted molar refractivity (Wildman–Crippen MR) is 107 cm³/mol. The Labute approximate surface area is 169 Å². The topological polar surface area (TPSA) is 51.2 Å². The molecule has 1 N–H and O–H groups in total. The van der Waals surface area contributed by atoms with Crippen LogP contribution in [0.5, 0.6) is 5.75 Å². The number of thiazole rings is 1. The second kappa shape index (κ2) is 8.27. The van der Waals surface area contributed by atoms with E-state index in [1.165, 1.54) is 11.3 Å². The van der Waals surface area contributed by atoms with Crippen LogP contribution in [0.25, 0.3) is 0 Å². The van der Waals surface area contributed by atoms with Gasteiger partial charge in [0.1, 0.15) is 22.2 Å². The number of ether oxygens (including phenoxy) is 1. The summed E-state index contributed by atoms with van der Waals surface area (Å²) in [5, 5.41) is 4.77. The van der Waals surface area contributed by atoms with Crippen molar-refractivity contribution in [1.29, 1.82) is 0 Å². The molecule has 0 aliphatic carbocycles. The van der Waals surface area contributed by atoms with E-state index in [0.29, 0.717) is 42.1 Å². The van der Waals surface area contributed by atoms with Crippen LogP contribution < -0.4 is 10.1 Å². The van der Waals surface area contributed by atoms with Crippen molar-refractivity contribution in [2.24, 2.45) is 0 Å². The van der Waals surface area contributed by atoms with E-state index in [0.717, 1.165) is 0 Å². The first kappa shape index (κ1) is 19.0. The van der Waals surface area contributed by atoms with Crippen molar-refractivity contribution < 1.29 is 9.53 Å². The third kappa shape index (κ3) is 4.48. The number of nitrogens with one attached hydrogen (secondary N) is 1. The highest BCUT2D eigenvalue weighted by atomic mass is 35.5. The summed E-state index contributed by atoms with van der Waals surface area (Å²) in [5.41, 5.74) is 1.08. The van der Waals surface area contributed by atoms with Gasteiger partial charge < -0.3 is 10.1 Å². The van der Waals surface area contributed by atoms with Crippen molar-refractivity contribution in [3.05, 3.63) is 73.1 Å².